The number of rotatable bonds is 2. The predicted molar refractivity (Wildman–Crippen MR) is 53.3 cm³/mol. The molecule has 0 spiro atoms. The Morgan fingerprint density at radius 2 is 2.38 bits per heavy atom. The van der Waals surface area contributed by atoms with Gasteiger partial charge in [-0.05, 0) is 24.9 Å². The first-order valence-electron chi connectivity index (χ1n) is 4.12. The van der Waals surface area contributed by atoms with Gasteiger partial charge in [-0.25, -0.2) is 4.99 Å². The lowest BCUT2D eigenvalue weighted by atomic mass is 10.00. The maximum absolute atomic E-state index is 5.71. The van der Waals surface area contributed by atoms with Crippen molar-refractivity contribution in [2.75, 3.05) is 6.61 Å². The molecule has 0 aromatic heterocycles. The second-order valence-corrected chi connectivity index (χ2v) is 3.57. The van der Waals surface area contributed by atoms with E-state index < -0.39 is 5.60 Å². The predicted octanol–water partition coefficient (Wildman–Crippen LogP) is 0.909. The topological polar surface area (TPSA) is 73.6 Å². The van der Waals surface area contributed by atoms with Crippen LogP contribution < -0.4 is 11.5 Å². The van der Waals surface area contributed by atoms with Gasteiger partial charge in [0.25, 0.3) is 0 Å². The molecule has 1 rings (SSSR count). The van der Waals surface area contributed by atoms with Crippen molar-refractivity contribution in [3.05, 3.63) is 11.4 Å². The molecule has 0 saturated heterocycles. The van der Waals surface area contributed by atoms with E-state index in [1.165, 1.54) is 0 Å². The molecule has 1 heterocycles. The standard InChI is InChI=1S/C8H14ClN3O/c1-3-8(2)6(12-7(9)11)5(10)4-13-8/h3-4,10H2,1-2H3,(H2,11,12). The van der Waals surface area contributed by atoms with Gasteiger partial charge in [-0.3, -0.25) is 0 Å². The van der Waals surface area contributed by atoms with E-state index >= 15 is 0 Å². The van der Waals surface area contributed by atoms with Gasteiger partial charge in [-0.1, -0.05) is 6.92 Å². The molecule has 0 fully saturated rings. The SMILES string of the molecule is CCC1(C)OCC(N)=C1N=C(N)Cl. The Balaban J connectivity index is 3.02. The van der Waals surface area contributed by atoms with E-state index in [2.05, 4.69) is 4.99 Å². The van der Waals surface area contributed by atoms with Crippen molar-refractivity contribution in [1.29, 1.82) is 0 Å². The van der Waals surface area contributed by atoms with Crippen LogP contribution in [0.25, 0.3) is 0 Å². The Morgan fingerprint density at radius 1 is 1.77 bits per heavy atom. The van der Waals surface area contributed by atoms with Crippen LogP contribution in [0.1, 0.15) is 20.3 Å². The Hall–Kier alpha value is -0.740. The van der Waals surface area contributed by atoms with Gasteiger partial charge < -0.3 is 16.2 Å². The molecule has 0 amide bonds. The first-order chi connectivity index (χ1) is 5.99. The molecule has 1 atom stereocenters. The summed E-state index contributed by atoms with van der Waals surface area (Å²) in [6.07, 6.45) is 0.788. The van der Waals surface area contributed by atoms with Gasteiger partial charge in [0, 0.05) is 0 Å². The quantitative estimate of drug-likeness (QED) is 0.398. The van der Waals surface area contributed by atoms with Gasteiger partial charge in [-0.15, -0.1) is 0 Å². The van der Waals surface area contributed by atoms with Crippen LogP contribution in [0.4, 0.5) is 0 Å². The summed E-state index contributed by atoms with van der Waals surface area (Å²) >= 11 is 5.49. The summed E-state index contributed by atoms with van der Waals surface area (Å²) < 4.78 is 5.50. The lowest BCUT2D eigenvalue weighted by Gasteiger charge is -2.22. The molecule has 0 radical (unpaired) electrons. The van der Waals surface area contributed by atoms with Crippen LogP contribution in [0, 0.1) is 0 Å². The van der Waals surface area contributed by atoms with Gasteiger partial charge in [0.1, 0.15) is 5.60 Å². The number of hydrogen-bond donors (Lipinski definition) is 2. The summed E-state index contributed by atoms with van der Waals surface area (Å²) in [4.78, 5) is 3.97. The number of nitrogens with two attached hydrogens (primary N) is 2. The molecule has 74 valence electrons. The van der Waals surface area contributed by atoms with Gasteiger partial charge in [-0.2, -0.15) is 0 Å². The van der Waals surface area contributed by atoms with Crippen molar-refractivity contribution in [2.45, 2.75) is 25.9 Å². The first kappa shape index (κ1) is 10.3. The molecule has 0 aromatic rings. The highest BCUT2D eigenvalue weighted by atomic mass is 35.5. The van der Waals surface area contributed by atoms with E-state index in [0.717, 1.165) is 6.42 Å². The second-order valence-electron chi connectivity index (χ2n) is 3.18. The Bertz CT molecular complexity index is 271. The summed E-state index contributed by atoms with van der Waals surface area (Å²) in [6, 6.07) is 0. The van der Waals surface area contributed by atoms with Crippen LogP contribution >= 0.6 is 11.6 Å². The van der Waals surface area contributed by atoms with Crippen molar-refractivity contribution < 1.29 is 4.74 Å². The largest absolute Gasteiger partial charge is 0.399 e. The zero-order chi connectivity index (χ0) is 10.1. The summed E-state index contributed by atoms with van der Waals surface area (Å²) in [7, 11) is 0. The van der Waals surface area contributed by atoms with Crippen molar-refractivity contribution in [2.24, 2.45) is 16.5 Å². The maximum Gasteiger partial charge on any atom is 0.193 e. The molecule has 1 aliphatic rings. The molecule has 1 unspecified atom stereocenters. The van der Waals surface area contributed by atoms with Gasteiger partial charge >= 0.3 is 0 Å². The zero-order valence-corrected chi connectivity index (χ0v) is 8.56. The average molecular weight is 204 g/mol. The average Bonchev–Trinajstić information content (AvgIpc) is 2.33. The number of halogens is 1. The number of ether oxygens (including phenoxy) is 1. The smallest absolute Gasteiger partial charge is 0.193 e. The minimum atomic E-state index is -0.441. The van der Waals surface area contributed by atoms with E-state index in [-0.39, 0.29) is 5.29 Å². The van der Waals surface area contributed by atoms with Crippen molar-refractivity contribution in [3.8, 4) is 0 Å². The van der Waals surface area contributed by atoms with E-state index in [1.54, 1.807) is 0 Å². The lowest BCUT2D eigenvalue weighted by molar-refractivity contribution is 0.0289. The summed E-state index contributed by atoms with van der Waals surface area (Å²) in [5.74, 6) is 0. The fourth-order valence-corrected chi connectivity index (χ4v) is 1.36. The first-order valence-corrected chi connectivity index (χ1v) is 4.50. The number of aliphatic imine (C=N–C) groups is 1. The van der Waals surface area contributed by atoms with Gasteiger partial charge in [0.2, 0.25) is 0 Å². The summed E-state index contributed by atoms with van der Waals surface area (Å²) in [5.41, 5.74) is 11.8. The minimum Gasteiger partial charge on any atom is -0.399 e. The highest BCUT2D eigenvalue weighted by Gasteiger charge is 2.35. The molecule has 0 aromatic carbocycles. The fraction of sp³-hybridized carbons (Fsp3) is 0.625. The normalized spacial score (nSPS) is 29.9. The van der Waals surface area contributed by atoms with Crippen molar-refractivity contribution in [1.82, 2.24) is 0 Å². The molecule has 0 bridgehead atoms. The molecular weight excluding hydrogens is 190 g/mol. The third kappa shape index (κ3) is 1.95. The fourth-order valence-electron chi connectivity index (χ4n) is 1.28. The molecule has 0 aliphatic carbocycles. The zero-order valence-electron chi connectivity index (χ0n) is 7.80. The van der Waals surface area contributed by atoms with Crippen LogP contribution in [0.5, 0.6) is 0 Å². The van der Waals surface area contributed by atoms with E-state index in [4.69, 9.17) is 27.8 Å². The monoisotopic (exact) mass is 203 g/mol. The molecule has 4 nitrogen and oxygen atoms in total. The van der Waals surface area contributed by atoms with Crippen LogP contribution in [0.15, 0.2) is 16.4 Å². The van der Waals surface area contributed by atoms with Crippen LogP contribution in [-0.4, -0.2) is 17.5 Å². The maximum atomic E-state index is 5.71. The molecule has 0 saturated carbocycles. The lowest BCUT2D eigenvalue weighted by Crippen LogP contribution is -2.26. The molecule has 1 aliphatic heterocycles. The Morgan fingerprint density at radius 3 is 2.85 bits per heavy atom. The second kappa shape index (κ2) is 3.55. The van der Waals surface area contributed by atoms with Crippen LogP contribution in [-0.2, 0) is 4.74 Å². The number of amidine groups is 1. The Labute approximate surface area is 82.6 Å². The minimum absolute atomic E-state index is 0.0110. The summed E-state index contributed by atoms with van der Waals surface area (Å²) in [6.45, 7) is 4.32. The third-order valence-electron chi connectivity index (χ3n) is 2.24. The van der Waals surface area contributed by atoms with E-state index in [0.29, 0.717) is 18.0 Å². The molecule has 4 N–H and O–H groups in total. The molecule has 13 heavy (non-hydrogen) atoms. The van der Waals surface area contributed by atoms with Gasteiger partial charge in [0.05, 0.1) is 18.0 Å². The third-order valence-corrected chi connectivity index (χ3v) is 2.33. The van der Waals surface area contributed by atoms with Crippen LogP contribution in [0.3, 0.4) is 0 Å². The number of nitrogens with zero attached hydrogens (tertiary/aromatic N) is 1. The number of hydrogen-bond acceptors (Lipinski definition) is 3. The van der Waals surface area contributed by atoms with Crippen molar-refractivity contribution >= 4 is 16.9 Å². The molecular formula is C8H14ClN3O. The van der Waals surface area contributed by atoms with Gasteiger partial charge in [0.15, 0.2) is 5.29 Å². The molecule has 5 heteroatoms. The van der Waals surface area contributed by atoms with Crippen LogP contribution in [0.2, 0.25) is 0 Å². The summed E-state index contributed by atoms with van der Waals surface area (Å²) in [5, 5.41) is -0.0110. The van der Waals surface area contributed by atoms with Crippen molar-refractivity contribution in [3.63, 3.8) is 0 Å². The van der Waals surface area contributed by atoms with E-state index in [1.807, 2.05) is 13.8 Å². The van der Waals surface area contributed by atoms with E-state index in [9.17, 15) is 0 Å². The Kier molecular flexibility index (Phi) is 2.83. The highest BCUT2D eigenvalue weighted by molar-refractivity contribution is 6.64. The highest BCUT2D eigenvalue weighted by Crippen LogP contribution is 2.33.